The van der Waals surface area contributed by atoms with Crippen LogP contribution in [0, 0.1) is 11.8 Å². The maximum atomic E-state index is 12.3. The first kappa shape index (κ1) is 14.8. The van der Waals surface area contributed by atoms with E-state index in [0.717, 1.165) is 12.0 Å². The van der Waals surface area contributed by atoms with Crippen LogP contribution in [0.4, 0.5) is 0 Å². The topological polar surface area (TPSA) is 63.6 Å². The van der Waals surface area contributed by atoms with Gasteiger partial charge in [0.25, 0.3) is 0 Å². The number of carbonyl (C=O) groups excluding carboxylic acids is 2. The van der Waals surface area contributed by atoms with Crippen LogP contribution in [0.1, 0.15) is 38.2 Å². The normalized spacial score (nSPS) is 29.7. The van der Waals surface area contributed by atoms with Crippen molar-refractivity contribution >= 4 is 11.8 Å². The van der Waals surface area contributed by atoms with Gasteiger partial charge in [0.15, 0.2) is 6.10 Å². The molecule has 1 aromatic carbocycles. The molecule has 1 unspecified atom stereocenters. The number of rotatable bonds is 4. The first-order chi connectivity index (χ1) is 10.5. The number of benzene rings is 1. The number of ketones is 1. The van der Waals surface area contributed by atoms with Crippen molar-refractivity contribution in [3.05, 3.63) is 47.2 Å². The van der Waals surface area contributed by atoms with Gasteiger partial charge in [-0.25, -0.2) is 4.79 Å². The third kappa shape index (κ3) is 2.65. The van der Waals surface area contributed by atoms with Crippen molar-refractivity contribution in [1.82, 2.24) is 0 Å². The molecule has 0 radical (unpaired) electrons. The van der Waals surface area contributed by atoms with E-state index in [9.17, 15) is 14.7 Å². The van der Waals surface area contributed by atoms with Gasteiger partial charge < -0.3 is 9.84 Å². The summed E-state index contributed by atoms with van der Waals surface area (Å²) >= 11 is 0. The van der Waals surface area contributed by atoms with Gasteiger partial charge in [0.05, 0.1) is 0 Å². The molecule has 1 aromatic rings. The van der Waals surface area contributed by atoms with Gasteiger partial charge in [-0.1, -0.05) is 44.2 Å². The number of aliphatic hydroxyl groups excluding tert-OH is 1. The van der Waals surface area contributed by atoms with Crippen molar-refractivity contribution < 1.29 is 19.4 Å². The number of carbonyl (C=O) groups is 2. The summed E-state index contributed by atoms with van der Waals surface area (Å²) in [5.74, 6) is -0.844. The maximum absolute atomic E-state index is 12.3. The van der Waals surface area contributed by atoms with Gasteiger partial charge in [0.1, 0.15) is 11.3 Å². The summed E-state index contributed by atoms with van der Waals surface area (Å²) in [6.07, 6.45) is 0.515. The Bertz CT molecular complexity index is 630. The molecule has 1 saturated carbocycles. The molecule has 2 fully saturated rings. The second-order valence-corrected chi connectivity index (χ2v) is 6.51. The molecule has 4 nitrogen and oxygen atoms in total. The molecule has 0 bridgehead atoms. The Labute approximate surface area is 129 Å². The highest BCUT2D eigenvalue weighted by atomic mass is 16.6. The van der Waals surface area contributed by atoms with Crippen LogP contribution in [0.25, 0.3) is 0 Å². The van der Waals surface area contributed by atoms with Crippen LogP contribution in [-0.2, 0) is 14.3 Å². The molecule has 1 heterocycles. The van der Waals surface area contributed by atoms with Crippen LogP contribution in [0.5, 0.6) is 0 Å². The van der Waals surface area contributed by atoms with Crippen LogP contribution in [0.15, 0.2) is 41.7 Å². The highest BCUT2D eigenvalue weighted by molar-refractivity contribution is 6.23. The molecule has 3 rings (SSSR count). The zero-order chi connectivity index (χ0) is 15.9. The Morgan fingerprint density at radius 2 is 1.95 bits per heavy atom. The van der Waals surface area contributed by atoms with Crippen molar-refractivity contribution in [3.8, 4) is 0 Å². The van der Waals surface area contributed by atoms with Gasteiger partial charge in [-0.15, -0.1) is 0 Å². The Morgan fingerprint density at radius 1 is 1.27 bits per heavy atom. The van der Waals surface area contributed by atoms with E-state index in [1.54, 1.807) is 0 Å². The Balaban J connectivity index is 1.79. The van der Waals surface area contributed by atoms with Crippen molar-refractivity contribution in [1.29, 1.82) is 0 Å². The van der Waals surface area contributed by atoms with Crippen molar-refractivity contribution in [3.63, 3.8) is 0 Å². The second-order valence-electron chi connectivity index (χ2n) is 6.51. The lowest BCUT2D eigenvalue weighted by Crippen LogP contribution is -2.19. The summed E-state index contributed by atoms with van der Waals surface area (Å²) in [7, 11) is 0. The molecule has 0 spiro atoms. The van der Waals surface area contributed by atoms with Gasteiger partial charge in [-0.3, -0.25) is 4.79 Å². The number of Topliss-reactive ketones (excluding diaryl/α,β-unsaturated/α-hetero) is 1. The summed E-state index contributed by atoms with van der Waals surface area (Å²) in [5, 5.41) is 10.4. The highest BCUT2D eigenvalue weighted by Gasteiger charge is 2.48. The predicted octanol–water partition coefficient (Wildman–Crippen LogP) is 3.14. The molecule has 1 aliphatic carbocycles. The highest BCUT2D eigenvalue weighted by Crippen LogP contribution is 2.52. The van der Waals surface area contributed by atoms with Crippen LogP contribution < -0.4 is 0 Å². The monoisotopic (exact) mass is 300 g/mol. The average molecular weight is 300 g/mol. The minimum Gasteiger partial charge on any atom is -0.511 e. The summed E-state index contributed by atoms with van der Waals surface area (Å²) < 4.78 is 5.13. The summed E-state index contributed by atoms with van der Waals surface area (Å²) in [4.78, 5) is 24.2. The van der Waals surface area contributed by atoms with Crippen molar-refractivity contribution in [2.24, 2.45) is 11.8 Å². The van der Waals surface area contributed by atoms with Crippen LogP contribution in [0.3, 0.4) is 0 Å². The minimum absolute atomic E-state index is 0.0879. The fraction of sp³-hybridized carbons (Fsp3) is 0.444. The molecule has 3 atom stereocenters. The molecule has 1 aliphatic heterocycles. The smallest absolute Gasteiger partial charge is 0.346 e. The van der Waals surface area contributed by atoms with Gasteiger partial charge in [-0.2, -0.15) is 0 Å². The van der Waals surface area contributed by atoms with E-state index in [-0.39, 0.29) is 34.9 Å². The number of hydrogen-bond donors (Lipinski definition) is 1. The fourth-order valence-electron chi connectivity index (χ4n) is 3.07. The number of hydrogen-bond acceptors (Lipinski definition) is 4. The third-order valence-electron chi connectivity index (χ3n) is 4.30. The van der Waals surface area contributed by atoms with Gasteiger partial charge in [0.2, 0.25) is 5.78 Å². The first-order valence-electron chi connectivity index (χ1n) is 7.72. The lowest BCUT2D eigenvalue weighted by atomic mass is 9.98. The lowest BCUT2D eigenvalue weighted by molar-refractivity contribution is -0.141. The number of ether oxygens (including phenoxy) is 1. The van der Waals surface area contributed by atoms with E-state index in [1.807, 2.05) is 44.2 Å². The summed E-state index contributed by atoms with van der Waals surface area (Å²) in [6.45, 7) is 3.93. The SMILES string of the molecule is CC(C)CC1OC(=O)C(=C(O)[C@@H]2C[C@H]2c2ccccc2)C1=O. The first-order valence-corrected chi connectivity index (χ1v) is 7.72. The quantitative estimate of drug-likeness (QED) is 0.401. The molecule has 2 aliphatic rings. The third-order valence-corrected chi connectivity index (χ3v) is 4.30. The standard InChI is InChI=1S/C18H20O4/c1-10(2)8-14-17(20)15(18(21)22-14)16(19)13-9-12(13)11-6-4-3-5-7-11/h3-7,10,12-14,19H,8-9H2,1-2H3/t12-,13+,14?/m0/s1. The van der Waals surface area contributed by atoms with E-state index < -0.39 is 12.1 Å². The zero-order valence-electron chi connectivity index (χ0n) is 12.8. The molecular formula is C18H20O4. The number of allylic oxidation sites excluding steroid dienone is 1. The van der Waals surface area contributed by atoms with E-state index in [4.69, 9.17) is 4.74 Å². The van der Waals surface area contributed by atoms with Crippen molar-refractivity contribution in [2.45, 2.75) is 38.7 Å². The summed E-state index contributed by atoms with van der Waals surface area (Å²) in [5.41, 5.74) is 0.992. The minimum atomic E-state index is -0.737. The summed E-state index contributed by atoms with van der Waals surface area (Å²) in [6, 6.07) is 9.83. The van der Waals surface area contributed by atoms with Gasteiger partial charge >= 0.3 is 5.97 Å². The molecule has 116 valence electrons. The number of cyclic esters (lactones) is 1. The van der Waals surface area contributed by atoms with Crippen LogP contribution >= 0.6 is 0 Å². The molecule has 4 heteroatoms. The fourth-order valence-corrected chi connectivity index (χ4v) is 3.07. The largest absolute Gasteiger partial charge is 0.511 e. The zero-order valence-corrected chi connectivity index (χ0v) is 12.8. The van der Waals surface area contributed by atoms with E-state index in [1.165, 1.54) is 0 Å². The Hall–Kier alpha value is -2.10. The van der Waals surface area contributed by atoms with E-state index >= 15 is 0 Å². The Morgan fingerprint density at radius 3 is 2.59 bits per heavy atom. The number of esters is 1. The molecule has 0 amide bonds. The molecule has 1 saturated heterocycles. The second kappa shape index (κ2) is 5.59. The predicted molar refractivity (Wildman–Crippen MR) is 81.3 cm³/mol. The van der Waals surface area contributed by atoms with E-state index in [2.05, 4.69) is 0 Å². The van der Waals surface area contributed by atoms with Gasteiger partial charge in [-0.05, 0) is 30.2 Å². The average Bonchev–Trinajstić information content (AvgIpc) is 3.22. The molecular weight excluding hydrogens is 280 g/mol. The number of aliphatic hydroxyl groups is 1. The lowest BCUT2D eigenvalue weighted by Gasteiger charge is -2.09. The van der Waals surface area contributed by atoms with Crippen LogP contribution in [0.2, 0.25) is 0 Å². The maximum Gasteiger partial charge on any atom is 0.346 e. The molecule has 22 heavy (non-hydrogen) atoms. The Kier molecular flexibility index (Phi) is 3.77. The van der Waals surface area contributed by atoms with Gasteiger partial charge in [0, 0.05) is 5.92 Å². The van der Waals surface area contributed by atoms with Crippen LogP contribution in [-0.4, -0.2) is 23.0 Å². The molecule has 1 N–H and O–H groups in total. The van der Waals surface area contributed by atoms with Crippen molar-refractivity contribution in [2.75, 3.05) is 0 Å². The molecule has 0 aromatic heterocycles. The van der Waals surface area contributed by atoms with E-state index in [0.29, 0.717) is 6.42 Å².